The third-order valence-corrected chi connectivity index (χ3v) is 3.10. The van der Waals surface area contributed by atoms with Gasteiger partial charge in [-0.2, -0.15) is 0 Å². The Hall–Kier alpha value is -0.410. The van der Waals surface area contributed by atoms with E-state index < -0.39 is 0 Å². The molecule has 0 aliphatic carbocycles. The lowest BCUT2D eigenvalue weighted by molar-refractivity contribution is 0.729. The first kappa shape index (κ1) is 16.6. The average molecular weight is 342 g/mol. The summed E-state index contributed by atoms with van der Waals surface area (Å²) in [5.41, 5.74) is 0. The second-order valence-electron chi connectivity index (χ2n) is 3.97. The van der Waals surface area contributed by atoms with Crippen molar-refractivity contribution in [2.45, 2.75) is 58.3 Å². The second-order valence-corrected chi connectivity index (χ2v) is 5.05. The monoisotopic (exact) mass is 342 g/mol. The Balaban J connectivity index is 3.43. The van der Waals surface area contributed by atoms with E-state index in [4.69, 9.17) is 0 Å². The van der Waals surface area contributed by atoms with Gasteiger partial charge in [0.05, 0.1) is 0 Å². The number of alkyl halides is 1. The molecule has 0 atom stereocenters. The van der Waals surface area contributed by atoms with E-state index >= 15 is 0 Å². The normalized spacial score (nSPS) is 9.53. The van der Waals surface area contributed by atoms with E-state index in [9.17, 15) is 0 Å². The molecule has 0 aliphatic heterocycles. The molecule has 1 heteroatoms. The Kier molecular flexibility index (Phi) is 15.2. The minimum absolute atomic E-state index is 0.992. The quantitative estimate of drug-likeness (QED) is 0.248. The molecule has 0 rings (SSSR count). The molecule has 0 aromatic heterocycles. The third kappa shape index (κ3) is 15.6. The summed E-state index contributed by atoms with van der Waals surface area (Å²) in [6, 6.07) is 0. The Labute approximate surface area is 121 Å². The van der Waals surface area contributed by atoms with E-state index in [1.807, 2.05) is 6.08 Å². The minimum atomic E-state index is 0.992. The molecular weight excluding hydrogens is 319 g/mol. The van der Waals surface area contributed by atoms with Gasteiger partial charge in [0.25, 0.3) is 0 Å². The van der Waals surface area contributed by atoms with Crippen LogP contribution < -0.4 is 0 Å². The van der Waals surface area contributed by atoms with Crippen molar-refractivity contribution in [3.63, 3.8) is 0 Å². The summed E-state index contributed by atoms with van der Waals surface area (Å²) in [7, 11) is 0. The van der Waals surface area contributed by atoms with Gasteiger partial charge in [0.1, 0.15) is 0 Å². The first-order chi connectivity index (χ1) is 8.41. The van der Waals surface area contributed by atoms with E-state index in [1.165, 1.54) is 43.0 Å². The lowest BCUT2D eigenvalue weighted by atomic mass is 10.2. The van der Waals surface area contributed by atoms with Crippen LogP contribution in [0.3, 0.4) is 0 Å². The van der Waals surface area contributed by atoms with Crippen molar-refractivity contribution >= 4 is 22.6 Å². The van der Waals surface area contributed by atoms with Crippen LogP contribution in [0.2, 0.25) is 0 Å². The highest BCUT2D eigenvalue weighted by Crippen LogP contribution is 2.01. The molecule has 0 radical (unpaired) electrons. The highest BCUT2D eigenvalue weighted by molar-refractivity contribution is 14.1. The maximum absolute atomic E-state index is 3.10. The van der Waals surface area contributed by atoms with Gasteiger partial charge >= 0.3 is 0 Å². The Morgan fingerprint density at radius 1 is 1.00 bits per heavy atom. The van der Waals surface area contributed by atoms with Gasteiger partial charge in [-0.15, -0.1) is 0 Å². The highest BCUT2D eigenvalue weighted by atomic mass is 127. The Bertz CT molecular complexity index is 293. The molecule has 0 fully saturated rings. The molecule has 94 valence electrons. The van der Waals surface area contributed by atoms with Crippen LogP contribution in [0.1, 0.15) is 58.3 Å². The predicted octanol–water partition coefficient (Wildman–Crippen LogP) is 5.13. The van der Waals surface area contributed by atoms with Gasteiger partial charge in [-0.05, 0) is 48.0 Å². The topological polar surface area (TPSA) is 0 Å². The maximum atomic E-state index is 3.10. The van der Waals surface area contributed by atoms with E-state index in [0.29, 0.717) is 0 Å². The minimum Gasteiger partial charge on any atom is -0.0891 e. The molecule has 0 saturated carbocycles. The van der Waals surface area contributed by atoms with E-state index in [-0.39, 0.29) is 0 Å². The van der Waals surface area contributed by atoms with Crippen molar-refractivity contribution in [1.82, 2.24) is 0 Å². The number of allylic oxidation sites excluding steroid dienone is 2. The molecule has 0 aliphatic rings. The standard InChI is InChI=1S/C16H23I/c1-2-3-4-5-6-7-8-9-10-11-12-13-14-15-16-17/h6-7H,2-5,12-16H2,1H3/b7-6-. The van der Waals surface area contributed by atoms with Gasteiger partial charge < -0.3 is 0 Å². The van der Waals surface area contributed by atoms with Crippen LogP contribution in [0.15, 0.2) is 12.2 Å². The second kappa shape index (κ2) is 15.6. The Morgan fingerprint density at radius 3 is 2.65 bits per heavy atom. The fourth-order valence-electron chi connectivity index (χ4n) is 1.32. The SMILES string of the molecule is CCCCC/C=C\C#CC#CCCCCCI. The van der Waals surface area contributed by atoms with Crippen molar-refractivity contribution in [3.8, 4) is 23.7 Å². The van der Waals surface area contributed by atoms with Gasteiger partial charge in [0.2, 0.25) is 0 Å². The fraction of sp³-hybridized carbons (Fsp3) is 0.625. The summed E-state index contributed by atoms with van der Waals surface area (Å²) in [4.78, 5) is 0. The summed E-state index contributed by atoms with van der Waals surface area (Å²) in [6.45, 7) is 2.22. The van der Waals surface area contributed by atoms with E-state index in [2.05, 4.69) is 59.3 Å². The third-order valence-electron chi connectivity index (χ3n) is 2.33. The molecule has 0 spiro atoms. The molecule has 0 amide bonds. The van der Waals surface area contributed by atoms with Crippen LogP contribution in [0.5, 0.6) is 0 Å². The summed E-state index contributed by atoms with van der Waals surface area (Å²) in [5, 5.41) is 0. The molecule has 0 nitrogen and oxygen atoms in total. The fourth-order valence-corrected chi connectivity index (χ4v) is 1.86. The van der Waals surface area contributed by atoms with Gasteiger partial charge in [0, 0.05) is 6.42 Å². The summed E-state index contributed by atoms with van der Waals surface area (Å²) in [6.07, 6.45) is 13.9. The predicted molar refractivity (Wildman–Crippen MR) is 86.2 cm³/mol. The molecule has 0 aromatic rings. The van der Waals surface area contributed by atoms with Crippen LogP contribution >= 0.6 is 22.6 Å². The van der Waals surface area contributed by atoms with Gasteiger partial charge in [0.15, 0.2) is 0 Å². The zero-order chi connectivity index (χ0) is 12.6. The molecule has 0 aromatic carbocycles. The van der Waals surface area contributed by atoms with Crippen LogP contribution in [0.25, 0.3) is 0 Å². The van der Waals surface area contributed by atoms with Crippen molar-refractivity contribution in [2.24, 2.45) is 0 Å². The molecule has 0 bridgehead atoms. The average Bonchev–Trinajstić information content (AvgIpc) is 2.35. The highest BCUT2D eigenvalue weighted by Gasteiger charge is 1.83. The van der Waals surface area contributed by atoms with Gasteiger partial charge in [-0.3, -0.25) is 0 Å². The summed E-state index contributed by atoms with van der Waals surface area (Å²) < 4.78 is 1.26. The molecular formula is C16H23I. The van der Waals surface area contributed by atoms with Crippen molar-refractivity contribution in [3.05, 3.63) is 12.2 Å². The molecule has 0 heterocycles. The number of hydrogen-bond donors (Lipinski definition) is 0. The lowest BCUT2D eigenvalue weighted by Crippen LogP contribution is -1.75. The van der Waals surface area contributed by atoms with Gasteiger partial charge in [-0.1, -0.05) is 66.7 Å². The van der Waals surface area contributed by atoms with Gasteiger partial charge in [-0.25, -0.2) is 0 Å². The number of hydrogen-bond acceptors (Lipinski definition) is 0. The summed E-state index contributed by atoms with van der Waals surface area (Å²) in [5.74, 6) is 11.8. The van der Waals surface area contributed by atoms with E-state index in [1.54, 1.807) is 0 Å². The first-order valence-electron chi connectivity index (χ1n) is 6.61. The Morgan fingerprint density at radius 2 is 1.88 bits per heavy atom. The zero-order valence-corrected chi connectivity index (χ0v) is 13.1. The summed E-state index contributed by atoms with van der Waals surface area (Å²) >= 11 is 2.42. The number of rotatable bonds is 8. The number of halogens is 1. The van der Waals surface area contributed by atoms with Crippen molar-refractivity contribution in [1.29, 1.82) is 0 Å². The largest absolute Gasteiger partial charge is 0.0891 e. The van der Waals surface area contributed by atoms with Crippen molar-refractivity contribution < 1.29 is 0 Å². The van der Waals surface area contributed by atoms with E-state index in [0.717, 1.165) is 12.8 Å². The molecule has 17 heavy (non-hydrogen) atoms. The van der Waals surface area contributed by atoms with Crippen molar-refractivity contribution in [2.75, 3.05) is 4.43 Å². The molecule has 0 unspecified atom stereocenters. The maximum Gasteiger partial charge on any atom is 0.00989 e. The van der Waals surface area contributed by atoms with Crippen LogP contribution in [-0.4, -0.2) is 4.43 Å². The smallest absolute Gasteiger partial charge is 0.00989 e. The first-order valence-corrected chi connectivity index (χ1v) is 8.13. The van der Waals surface area contributed by atoms with Crippen LogP contribution in [0.4, 0.5) is 0 Å². The number of unbranched alkanes of at least 4 members (excludes halogenated alkanes) is 6. The molecule has 0 N–H and O–H groups in total. The molecule has 0 saturated heterocycles. The zero-order valence-electron chi connectivity index (χ0n) is 10.9. The lowest BCUT2D eigenvalue weighted by Gasteiger charge is -1.90. The van der Waals surface area contributed by atoms with Crippen LogP contribution in [-0.2, 0) is 0 Å². The van der Waals surface area contributed by atoms with Crippen LogP contribution in [0, 0.1) is 23.7 Å².